The number of rotatable bonds is 5. The molecule has 1 fully saturated rings. The van der Waals surface area contributed by atoms with E-state index in [0.29, 0.717) is 17.1 Å². The molecule has 2 heterocycles. The van der Waals surface area contributed by atoms with Crippen LogP contribution < -0.4 is 5.32 Å². The van der Waals surface area contributed by atoms with Crippen LogP contribution in [0.4, 0.5) is 5.88 Å². The number of hydrogen-bond acceptors (Lipinski definition) is 7. The van der Waals surface area contributed by atoms with Gasteiger partial charge in [0.05, 0.1) is 17.0 Å². The monoisotopic (exact) mass is 322 g/mol. The summed E-state index contributed by atoms with van der Waals surface area (Å²) in [4.78, 5) is 12.2. The summed E-state index contributed by atoms with van der Waals surface area (Å²) in [5, 5.41) is 18.6. The molecule has 3 rings (SSSR count). The maximum Gasteiger partial charge on any atom is 0.240 e. The molecule has 2 aromatic heterocycles. The molecule has 118 valence electrons. The Balaban J connectivity index is 1.62. The number of aryl methyl sites for hydroxylation is 1. The minimum atomic E-state index is -0.337. The third-order valence-electron chi connectivity index (χ3n) is 3.66. The first-order chi connectivity index (χ1) is 10.6. The second-order valence-electron chi connectivity index (χ2n) is 5.43. The molecule has 1 amide bonds. The van der Waals surface area contributed by atoms with Crippen LogP contribution in [0.15, 0.2) is 15.7 Å². The van der Waals surface area contributed by atoms with Crippen LogP contribution in [0.3, 0.4) is 0 Å². The van der Waals surface area contributed by atoms with Gasteiger partial charge in [-0.1, -0.05) is 29.8 Å². The minimum Gasteiger partial charge on any atom is -0.338 e. The number of nitrogens with zero attached hydrogens (tertiary/aromatic N) is 5. The van der Waals surface area contributed by atoms with Gasteiger partial charge in [-0.2, -0.15) is 0 Å². The largest absolute Gasteiger partial charge is 0.338 e. The number of carbonyl (C=O) groups excluding carboxylic acids is 1. The lowest BCUT2D eigenvalue weighted by Gasteiger charge is -2.13. The number of hydrogen-bond donors (Lipinski definition) is 1. The molecule has 0 aliphatic heterocycles. The summed E-state index contributed by atoms with van der Waals surface area (Å²) in [6, 6.07) is 2.03. The second-order valence-corrected chi connectivity index (χ2v) is 6.73. The molecule has 1 atom stereocenters. The van der Waals surface area contributed by atoms with Crippen molar-refractivity contribution in [2.45, 2.75) is 56.0 Å². The number of tetrazole rings is 1. The van der Waals surface area contributed by atoms with Crippen molar-refractivity contribution in [2.75, 3.05) is 5.32 Å². The van der Waals surface area contributed by atoms with Gasteiger partial charge in [-0.05, 0) is 37.1 Å². The van der Waals surface area contributed by atoms with E-state index < -0.39 is 0 Å². The molecule has 22 heavy (non-hydrogen) atoms. The molecule has 2 aromatic rings. The van der Waals surface area contributed by atoms with Crippen LogP contribution in [0.2, 0.25) is 0 Å². The zero-order valence-electron chi connectivity index (χ0n) is 12.5. The molecule has 1 aliphatic carbocycles. The van der Waals surface area contributed by atoms with Gasteiger partial charge >= 0.3 is 0 Å². The van der Waals surface area contributed by atoms with Crippen molar-refractivity contribution < 1.29 is 9.32 Å². The zero-order chi connectivity index (χ0) is 15.5. The Kier molecular flexibility index (Phi) is 4.41. The summed E-state index contributed by atoms with van der Waals surface area (Å²) in [6.45, 7) is 3.62. The van der Waals surface area contributed by atoms with Gasteiger partial charge in [-0.25, -0.2) is 4.68 Å². The van der Waals surface area contributed by atoms with Gasteiger partial charge < -0.3 is 4.52 Å². The first-order valence-electron chi connectivity index (χ1n) is 7.32. The highest BCUT2D eigenvalue weighted by Gasteiger charge is 2.25. The third-order valence-corrected chi connectivity index (χ3v) is 4.71. The molecule has 0 unspecified atom stereocenters. The molecule has 1 N–H and O–H groups in total. The number of anilines is 1. The highest BCUT2D eigenvalue weighted by atomic mass is 32.2. The number of thioether (sulfide) groups is 1. The predicted octanol–water partition coefficient (Wildman–Crippen LogP) is 2.20. The van der Waals surface area contributed by atoms with Crippen LogP contribution >= 0.6 is 11.8 Å². The van der Waals surface area contributed by atoms with Crippen molar-refractivity contribution in [1.29, 1.82) is 0 Å². The fourth-order valence-electron chi connectivity index (χ4n) is 2.50. The van der Waals surface area contributed by atoms with Gasteiger partial charge in [-0.15, -0.1) is 5.10 Å². The van der Waals surface area contributed by atoms with E-state index >= 15 is 0 Å². The van der Waals surface area contributed by atoms with Crippen LogP contribution in [0.5, 0.6) is 0 Å². The van der Waals surface area contributed by atoms with Crippen LogP contribution in [0.25, 0.3) is 0 Å². The highest BCUT2D eigenvalue weighted by Crippen LogP contribution is 2.32. The Bertz CT molecular complexity index is 649. The summed E-state index contributed by atoms with van der Waals surface area (Å²) >= 11 is 1.35. The molecular weight excluding hydrogens is 304 g/mol. The Morgan fingerprint density at radius 1 is 1.50 bits per heavy atom. The van der Waals surface area contributed by atoms with Crippen LogP contribution in [0.1, 0.15) is 44.3 Å². The number of aromatic nitrogens is 5. The van der Waals surface area contributed by atoms with Crippen LogP contribution in [-0.4, -0.2) is 36.5 Å². The van der Waals surface area contributed by atoms with Gasteiger partial charge in [0, 0.05) is 6.07 Å². The van der Waals surface area contributed by atoms with Crippen molar-refractivity contribution in [3.05, 3.63) is 11.8 Å². The van der Waals surface area contributed by atoms with E-state index in [-0.39, 0.29) is 11.2 Å². The molecular formula is C13H18N6O2S. The fourth-order valence-corrected chi connectivity index (χ4v) is 3.36. The van der Waals surface area contributed by atoms with Crippen molar-refractivity contribution in [1.82, 2.24) is 25.4 Å². The molecule has 9 heteroatoms. The average molecular weight is 322 g/mol. The predicted molar refractivity (Wildman–Crippen MR) is 80.5 cm³/mol. The lowest BCUT2D eigenvalue weighted by atomic mass is 10.3. The Labute approximate surface area is 132 Å². The van der Waals surface area contributed by atoms with E-state index in [4.69, 9.17) is 4.52 Å². The van der Waals surface area contributed by atoms with E-state index in [1.807, 2.05) is 11.6 Å². The molecule has 8 nitrogen and oxygen atoms in total. The van der Waals surface area contributed by atoms with Crippen molar-refractivity contribution in [2.24, 2.45) is 0 Å². The summed E-state index contributed by atoms with van der Waals surface area (Å²) in [7, 11) is 0. The van der Waals surface area contributed by atoms with E-state index in [2.05, 4.69) is 26.0 Å². The average Bonchev–Trinajstić information content (AvgIpc) is 3.20. The fraction of sp³-hybridized carbons (Fsp3) is 0.615. The SMILES string of the molecule is Cc1cc(NC(=O)[C@@H](C)Sc2nnnn2C2CCCC2)on1. The van der Waals surface area contributed by atoms with Gasteiger partial charge in [0.25, 0.3) is 0 Å². The van der Waals surface area contributed by atoms with E-state index in [1.54, 1.807) is 13.0 Å². The Hall–Kier alpha value is -1.90. The second kappa shape index (κ2) is 6.47. The number of amides is 1. The van der Waals surface area contributed by atoms with Gasteiger partial charge in [-0.3, -0.25) is 10.1 Å². The van der Waals surface area contributed by atoms with Crippen molar-refractivity contribution in [3.63, 3.8) is 0 Å². The highest BCUT2D eigenvalue weighted by molar-refractivity contribution is 8.00. The Morgan fingerprint density at radius 2 is 2.27 bits per heavy atom. The number of carbonyl (C=O) groups is 1. The first kappa shape index (κ1) is 15.0. The van der Waals surface area contributed by atoms with E-state index in [0.717, 1.165) is 18.5 Å². The molecule has 0 saturated heterocycles. The smallest absolute Gasteiger partial charge is 0.240 e. The maximum absolute atomic E-state index is 12.2. The summed E-state index contributed by atoms with van der Waals surface area (Å²) in [6.07, 6.45) is 4.60. The van der Waals surface area contributed by atoms with Crippen LogP contribution in [0, 0.1) is 6.92 Å². The standard InChI is InChI=1S/C13H18N6O2S/c1-8-7-11(21-16-8)14-12(20)9(2)22-13-15-17-18-19(13)10-5-3-4-6-10/h7,9-10H,3-6H2,1-2H3,(H,14,20)/t9-/m1/s1. The minimum absolute atomic E-state index is 0.165. The summed E-state index contributed by atoms with van der Waals surface area (Å²) < 4.78 is 6.84. The molecule has 0 radical (unpaired) electrons. The normalized spacial score (nSPS) is 16.8. The van der Waals surface area contributed by atoms with Gasteiger partial charge in [0.15, 0.2) is 0 Å². The summed E-state index contributed by atoms with van der Waals surface area (Å²) in [5.74, 6) is 0.187. The van der Waals surface area contributed by atoms with Crippen LogP contribution in [-0.2, 0) is 4.79 Å². The zero-order valence-corrected chi connectivity index (χ0v) is 13.3. The maximum atomic E-state index is 12.2. The first-order valence-corrected chi connectivity index (χ1v) is 8.20. The molecule has 1 saturated carbocycles. The van der Waals surface area contributed by atoms with Crippen molar-refractivity contribution in [3.8, 4) is 0 Å². The van der Waals surface area contributed by atoms with Gasteiger partial charge in [0.1, 0.15) is 0 Å². The topological polar surface area (TPSA) is 98.7 Å². The molecule has 0 bridgehead atoms. The van der Waals surface area contributed by atoms with Gasteiger partial charge in [0.2, 0.25) is 16.9 Å². The third kappa shape index (κ3) is 3.29. The molecule has 0 spiro atoms. The summed E-state index contributed by atoms with van der Waals surface area (Å²) in [5.41, 5.74) is 0.723. The quantitative estimate of drug-likeness (QED) is 0.842. The Morgan fingerprint density at radius 3 is 2.95 bits per heavy atom. The lowest BCUT2D eigenvalue weighted by Crippen LogP contribution is -2.23. The van der Waals surface area contributed by atoms with Crippen molar-refractivity contribution >= 4 is 23.6 Å². The van der Waals surface area contributed by atoms with E-state index in [1.165, 1.54) is 24.6 Å². The molecule has 0 aromatic carbocycles. The number of nitrogens with one attached hydrogen (secondary N) is 1. The molecule has 1 aliphatic rings. The van der Waals surface area contributed by atoms with E-state index in [9.17, 15) is 4.79 Å². The lowest BCUT2D eigenvalue weighted by molar-refractivity contribution is -0.115.